The van der Waals surface area contributed by atoms with E-state index in [1.165, 1.54) is 13.8 Å². The molecule has 19 heteroatoms. The van der Waals surface area contributed by atoms with Crippen LogP contribution in [-0.4, -0.2) is 108 Å². The standard InChI is InChI=1S/C30H54N10O9/c1-6-8-10-20(37-26(46)19(35-15-42)11-9-12-34-30(32)33)27(47)39-22(14-41)29(49)36-18(5)25(45)38-21(13-17(4)43)28(48)40-23(24(31)44)16(3)7-2/h15-16,18-23,41H,6-14H2,1-5H3,(H2,31,44)(H,35,42)(H,36,49)(H,37,46)(H,38,45)(H,39,47)(H,40,48)(H4,32,33,34). The fourth-order valence-electron chi connectivity index (χ4n) is 4.45. The van der Waals surface area contributed by atoms with Gasteiger partial charge in [-0.3, -0.25) is 43.3 Å². The highest BCUT2D eigenvalue weighted by Crippen LogP contribution is 2.09. The van der Waals surface area contributed by atoms with Crippen LogP contribution < -0.4 is 49.1 Å². The Morgan fingerprint density at radius 1 is 0.735 bits per heavy atom. The topological polar surface area (TPSA) is 319 Å². The van der Waals surface area contributed by atoms with E-state index in [1.807, 2.05) is 6.92 Å². The zero-order chi connectivity index (χ0) is 37.7. The van der Waals surface area contributed by atoms with Crippen LogP contribution in [0.1, 0.15) is 79.6 Å². The molecule has 0 aliphatic rings. The second-order valence-electron chi connectivity index (χ2n) is 11.7. The Labute approximate surface area is 286 Å². The van der Waals surface area contributed by atoms with Crippen LogP contribution in [0.2, 0.25) is 0 Å². The summed E-state index contributed by atoms with van der Waals surface area (Å²) in [6, 6.07) is -7.46. The van der Waals surface area contributed by atoms with Crippen LogP contribution in [0.15, 0.2) is 4.99 Å². The predicted molar refractivity (Wildman–Crippen MR) is 179 cm³/mol. The first kappa shape index (κ1) is 44.2. The summed E-state index contributed by atoms with van der Waals surface area (Å²) in [4.78, 5) is 104. The molecule has 0 aromatic heterocycles. The summed E-state index contributed by atoms with van der Waals surface area (Å²) in [5.41, 5.74) is 16.0. The molecule has 0 aliphatic heterocycles. The highest BCUT2D eigenvalue weighted by atomic mass is 16.3. The maximum atomic E-state index is 13.2. The number of aliphatic imine (C=N–C) groups is 1. The van der Waals surface area contributed by atoms with Crippen LogP contribution in [0.5, 0.6) is 0 Å². The number of amides is 7. The molecule has 0 saturated heterocycles. The average molecular weight is 699 g/mol. The molecule has 0 aromatic rings. The fourth-order valence-corrected chi connectivity index (χ4v) is 4.45. The molecule has 7 atom stereocenters. The number of nitrogens with two attached hydrogens (primary N) is 3. The summed E-state index contributed by atoms with van der Waals surface area (Å²) in [6.45, 7) is 7.16. The third-order valence-electron chi connectivity index (χ3n) is 7.52. The van der Waals surface area contributed by atoms with Crippen LogP contribution >= 0.6 is 0 Å². The van der Waals surface area contributed by atoms with Crippen molar-refractivity contribution in [2.24, 2.45) is 28.1 Å². The van der Waals surface area contributed by atoms with Gasteiger partial charge in [0.15, 0.2) is 5.96 Å². The molecule has 0 bridgehead atoms. The van der Waals surface area contributed by atoms with E-state index >= 15 is 0 Å². The Morgan fingerprint density at radius 2 is 1.27 bits per heavy atom. The van der Waals surface area contributed by atoms with Gasteiger partial charge in [0.05, 0.1) is 6.61 Å². The van der Waals surface area contributed by atoms with E-state index in [9.17, 15) is 43.5 Å². The minimum absolute atomic E-state index is 0.130. The Bertz CT molecular complexity index is 1180. The molecule has 0 heterocycles. The molecule has 0 aromatic carbocycles. The number of nitrogens with zero attached hydrogens (tertiary/aromatic N) is 1. The third kappa shape index (κ3) is 17.2. The molecular formula is C30H54N10O9. The van der Waals surface area contributed by atoms with Crippen molar-refractivity contribution in [3.63, 3.8) is 0 Å². The molecule has 0 radical (unpaired) electrons. The summed E-state index contributed by atoms with van der Waals surface area (Å²) in [7, 11) is 0. The van der Waals surface area contributed by atoms with Crippen LogP contribution in [-0.2, 0) is 38.4 Å². The Kier molecular flexibility index (Phi) is 21.2. The van der Waals surface area contributed by atoms with E-state index < -0.39 is 90.5 Å². The van der Waals surface area contributed by atoms with Gasteiger partial charge in [0.2, 0.25) is 41.9 Å². The summed E-state index contributed by atoms with van der Waals surface area (Å²) < 4.78 is 0. The molecule has 7 unspecified atom stereocenters. The predicted octanol–water partition coefficient (Wildman–Crippen LogP) is -3.71. The number of primary amides is 1. The maximum Gasteiger partial charge on any atom is 0.245 e. The molecule has 0 saturated carbocycles. The van der Waals surface area contributed by atoms with E-state index in [0.717, 1.165) is 0 Å². The van der Waals surface area contributed by atoms with Crippen molar-refractivity contribution in [3.8, 4) is 0 Å². The van der Waals surface area contributed by atoms with Crippen molar-refractivity contribution in [2.75, 3.05) is 13.2 Å². The third-order valence-corrected chi connectivity index (χ3v) is 7.52. The fraction of sp³-hybridized carbons (Fsp3) is 0.700. The molecule has 0 fully saturated rings. The number of guanidine groups is 1. The Hall–Kier alpha value is -4.81. The quantitative estimate of drug-likeness (QED) is 0.0191. The SMILES string of the molecule is CCCCC(NC(=O)C(CCCN=C(N)N)NC=O)C(=O)NC(CO)C(=O)NC(C)C(=O)NC(CC(C)=O)C(=O)NC(C(N)=O)C(C)CC. The lowest BCUT2D eigenvalue weighted by atomic mass is 9.98. The van der Waals surface area contributed by atoms with Gasteiger partial charge in [0, 0.05) is 13.0 Å². The van der Waals surface area contributed by atoms with Crippen molar-refractivity contribution >= 4 is 53.6 Å². The van der Waals surface area contributed by atoms with E-state index in [2.05, 4.69) is 36.9 Å². The van der Waals surface area contributed by atoms with Crippen LogP contribution in [0.4, 0.5) is 0 Å². The van der Waals surface area contributed by atoms with Gasteiger partial charge < -0.3 is 54.2 Å². The number of ketones is 1. The van der Waals surface area contributed by atoms with Gasteiger partial charge in [0.1, 0.15) is 42.0 Å². The first-order valence-electron chi connectivity index (χ1n) is 16.2. The van der Waals surface area contributed by atoms with Crippen molar-refractivity contribution in [3.05, 3.63) is 0 Å². The molecule has 0 rings (SSSR count). The van der Waals surface area contributed by atoms with Gasteiger partial charge in [-0.25, -0.2) is 0 Å². The number of carbonyl (C=O) groups excluding carboxylic acids is 8. The average Bonchev–Trinajstić information content (AvgIpc) is 3.03. The minimum atomic E-state index is -1.55. The van der Waals surface area contributed by atoms with Crippen molar-refractivity contribution < 1.29 is 43.5 Å². The zero-order valence-electron chi connectivity index (χ0n) is 28.9. The number of rotatable bonds is 25. The molecule has 0 aliphatic carbocycles. The first-order valence-corrected chi connectivity index (χ1v) is 16.2. The number of carbonyl (C=O) groups is 8. The highest BCUT2D eigenvalue weighted by Gasteiger charge is 2.32. The smallest absolute Gasteiger partial charge is 0.245 e. The van der Waals surface area contributed by atoms with Gasteiger partial charge in [0.25, 0.3) is 0 Å². The number of hydrogen-bond acceptors (Lipinski definition) is 10. The van der Waals surface area contributed by atoms with Crippen LogP contribution in [0.25, 0.3) is 0 Å². The molecule has 49 heavy (non-hydrogen) atoms. The number of hydrogen-bond donors (Lipinski definition) is 10. The highest BCUT2D eigenvalue weighted by molar-refractivity contribution is 5.97. The molecule has 13 N–H and O–H groups in total. The molecule has 0 spiro atoms. The largest absolute Gasteiger partial charge is 0.394 e. The van der Waals surface area contributed by atoms with Crippen molar-refractivity contribution in [1.29, 1.82) is 0 Å². The number of aliphatic hydroxyl groups excluding tert-OH is 1. The monoisotopic (exact) mass is 698 g/mol. The number of nitrogens with one attached hydrogen (secondary N) is 6. The van der Waals surface area contributed by atoms with Crippen molar-refractivity contribution in [2.45, 2.75) is 116 Å². The maximum absolute atomic E-state index is 13.2. The molecule has 278 valence electrons. The summed E-state index contributed by atoms with van der Waals surface area (Å²) in [5.74, 6) is -5.83. The van der Waals surface area contributed by atoms with Gasteiger partial charge >= 0.3 is 0 Å². The number of aliphatic hydroxyl groups is 1. The second kappa shape index (κ2) is 23.5. The second-order valence-corrected chi connectivity index (χ2v) is 11.7. The minimum Gasteiger partial charge on any atom is -0.394 e. The summed E-state index contributed by atoms with van der Waals surface area (Å²) in [6.07, 6.45) is 2.27. The van der Waals surface area contributed by atoms with E-state index in [-0.39, 0.29) is 31.3 Å². The van der Waals surface area contributed by atoms with E-state index in [0.29, 0.717) is 32.1 Å². The normalized spacial score (nSPS) is 15.0. The Morgan fingerprint density at radius 3 is 1.78 bits per heavy atom. The van der Waals surface area contributed by atoms with Crippen LogP contribution in [0.3, 0.4) is 0 Å². The van der Waals surface area contributed by atoms with Gasteiger partial charge in [-0.05, 0) is 39.0 Å². The van der Waals surface area contributed by atoms with Crippen molar-refractivity contribution in [1.82, 2.24) is 31.9 Å². The zero-order valence-corrected chi connectivity index (χ0v) is 28.9. The lowest BCUT2D eigenvalue weighted by Crippen LogP contribution is -2.60. The van der Waals surface area contributed by atoms with Gasteiger partial charge in [-0.2, -0.15) is 0 Å². The first-order chi connectivity index (χ1) is 23.0. The summed E-state index contributed by atoms with van der Waals surface area (Å²) in [5, 5.41) is 24.4. The Balaban J connectivity index is 5.61. The van der Waals surface area contributed by atoms with E-state index in [1.54, 1.807) is 13.8 Å². The molecular weight excluding hydrogens is 644 g/mol. The van der Waals surface area contributed by atoms with Crippen LogP contribution in [0, 0.1) is 5.92 Å². The van der Waals surface area contributed by atoms with E-state index in [4.69, 9.17) is 17.2 Å². The molecule has 7 amide bonds. The number of unbranched alkanes of at least 4 members (excludes halogenated alkanes) is 1. The lowest BCUT2D eigenvalue weighted by Gasteiger charge is -2.26. The lowest BCUT2D eigenvalue weighted by molar-refractivity contribution is -0.136. The van der Waals surface area contributed by atoms with Gasteiger partial charge in [-0.15, -0.1) is 0 Å². The van der Waals surface area contributed by atoms with Gasteiger partial charge in [-0.1, -0.05) is 40.0 Å². The molecule has 19 nitrogen and oxygen atoms in total. The summed E-state index contributed by atoms with van der Waals surface area (Å²) >= 11 is 0. The number of Topliss-reactive ketones (excluding diaryl/α,β-unsaturated/α-hetero) is 1.